The normalized spacial score (nSPS) is 12.5. The summed E-state index contributed by atoms with van der Waals surface area (Å²) in [5.41, 5.74) is 1.95. The predicted molar refractivity (Wildman–Crippen MR) is 83.3 cm³/mol. The van der Waals surface area contributed by atoms with Crippen LogP contribution < -0.4 is 0 Å². The maximum atomic E-state index is 10.5. The molecule has 1 aromatic carbocycles. The van der Waals surface area contributed by atoms with Gasteiger partial charge < -0.3 is 9.67 Å². The van der Waals surface area contributed by atoms with E-state index in [1.807, 2.05) is 48.0 Å². The first-order chi connectivity index (χ1) is 10.2. The van der Waals surface area contributed by atoms with Crippen molar-refractivity contribution in [2.45, 2.75) is 26.0 Å². The van der Waals surface area contributed by atoms with E-state index in [1.54, 1.807) is 17.5 Å². The summed E-state index contributed by atoms with van der Waals surface area (Å²) in [5.74, 6) is 0.674. The summed E-state index contributed by atoms with van der Waals surface area (Å²) in [4.78, 5) is 8.77. The van der Waals surface area contributed by atoms with Crippen molar-refractivity contribution in [3.8, 4) is 0 Å². The van der Waals surface area contributed by atoms with Gasteiger partial charge in [-0.15, -0.1) is 11.3 Å². The second kappa shape index (κ2) is 6.20. The smallest absolute Gasteiger partial charge is 0.142 e. The Balaban J connectivity index is 1.74. The monoisotopic (exact) mass is 299 g/mol. The Kier molecular flexibility index (Phi) is 4.13. The third kappa shape index (κ3) is 3.20. The number of hydrogen-bond acceptors (Lipinski definition) is 4. The van der Waals surface area contributed by atoms with Gasteiger partial charge in [0.15, 0.2) is 0 Å². The number of imidazole rings is 1. The van der Waals surface area contributed by atoms with Gasteiger partial charge in [-0.3, -0.25) is 0 Å². The molecule has 0 unspecified atom stereocenters. The Bertz CT molecular complexity index is 705. The Labute approximate surface area is 127 Å². The first kappa shape index (κ1) is 14.0. The average Bonchev–Trinajstić information content (AvgIpc) is 3.14. The van der Waals surface area contributed by atoms with Crippen LogP contribution in [0.3, 0.4) is 0 Å². The van der Waals surface area contributed by atoms with Crippen molar-refractivity contribution in [2.24, 2.45) is 0 Å². The Hall–Kier alpha value is -1.98. The minimum absolute atomic E-state index is 0.674. The Morgan fingerprint density at radius 3 is 2.81 bits per heavy atom. The molecule has 0 saturated carbocycles. The van der Waals surface area contributed by atoms with Crippen LogP contribution in [0.1, 0.15) is 28.2 Å². The van der Waals surface area contributed by atoms with Crippen molar-refractivity contribution in [1.29, 1.82) is 0 Å². The lowest BCUT2D eigenvalue weighted by Gasteiger charge is -2.13. The van der Waals surface area contributed by atoms with Gasteiger partial charge in [0.05, 0.1) is 10.7 Å². The van der Waals surface area contributed by atoms with Gasteiger partial charge >= 0.3 is 0 Å². The average molecular weight is 299 g/mol. The highest BCUT2D eigenvalue weighted by Gasteiger charge is 2.15. The molecule has 0 bridgehead atoms. The summed E-state index contributed by atoms with van der Waals surface area (Å²) in [6.45, 7) is 2.78. The van der Waals surface area contributed by atoms with Crippen molar-refractivity contribution in [3.63, 3.8) is 0 Å². The third-order valence-corrected chi connectivity index (χ3v) is 4.21. The number of aliphatic hydroxyl groups excluding tert-OH is 1. The molecule has 108 valence electrons. The van der Waals surface area contributed by atoms with E-state index in [9.17, 15) is 5.11 Å². The van der Waals surface area contributed by atoms with Crippen molar-refractivity contribution in [2.75, 3.05) is 0 Å². The largest absolute Gasteiger partial charge is 0.380 e. The number of rotatable bonds is 5. The number of nitrogens with zero attached hydrogens (tertiary/aromatic N) is 3. The lowest BCUT2D eigenvalue weighted by atomic mass is 10.1. The quantitative estimate of drug-likeness (QED) is 0.788. The summed E-state index contributed by atoms with van der Waals surface area (Å²) in [5, 5.41) is 13.6. The zero-order valence-corrected chi connectivity index (χ0v) is 12.6. The second-order valence-corrected chi connectivity index (χ2v) is 5.96. The first-order valence-electron chi connectivity index (χ1n) is 6.89. The second-order valence-electron chi connectivity index (χ2n) is 4.90. The van der Waals surface area contributed by atoms with Crippen LogP contribution in [0.15, 0.2) is 48.1 Å². The van der Waals surface area contributed by atoms with E-state index < -0.39 is 6.10 Å². The number of aryl methyl sites for hydroxylation is 3. The zero-order valence-electron chi connectivity index (χ0n) is 11.8. The van der Waals surface area contributed by atoms with E-state index >= 15 is 0 Å². The molecule has 0 spiro atoms. The first-order valence-corrected chi connectivity index (χ1v) is 7.77. The molecule has 0 radical (unpaired) electrons. The Morgan fingerprint density at radius 2 is 2.10 bits per heavy atom. The molecule has 0 amide bonds. The van der Waals surface area contributed by atoms with Crippen LogP contribution in [0.5, 0.6) is 0 Å². The van der Waals surface area contributed by atoms with E-state index in [1.165, 1.54) is 0 Å². The van der Waals surface area contributed by atoms with E-state index in [0.717, 1.165) is 29.2 Å². The Morgan fingerprint density at radius 1 is 1.29 bits per heavy atom. The summed E-state index contributed by atoms with van der Waals surface area (Å²) >= 11 is 1.66. The minimum atomic E-state index is -0.696. The van der Waals surface area contributed by atoms with Gasteiger partial charge in [0.25, 0.3) is 0 Å². The van der Waals surface area contributed by atoms with Gasteiger partial charge in [0.1, 0.15) is 11.9 Å². The number of benzene rings is 1. The summed E-state index contributed by atoms with van der Waals surface area (Å²) in [6, 6.07) is 9.60. The number of thiazole rings is 1. The minimum Gasteiger partial charge on any atom is -0.380 e. The molecule has 2 heterocycles. The standard InChI is InChI=1S/C16H17N3OS/c1-12-18-14(11-21-12)7-9-19-10-8-17-16(19)15(20)13-5-3-2-4-6-13/h2-6,8,10-11,15,20H,7,9H2,1H3/t15-/m0/s1. The molecule has 4 nitrogen and oxygen atoms in total. The predicted octanol–water partition coefficient (Wildman–Crippen LogP) is 2.97. The van der Waals surface area contributed by atoms with Crippen molar-refractivity contribution in [3.05, 3.63) is 70.2 Å². The number of hydrogen-bond donors (Lipinski definition) is 1. The van der Waals surface area contributed by atoms with Crippen LogP contribution in [0, 0.1) is 6.92 Å². The zero-order chi connectivity index (χ0) is 14.7. The number of aliphatic hydroxyl groups is 1. The molecule has 2 aromatic heterocycles. The fourth-order valence-corrected chi connectivity index (χ4v) is 2.95. The molecular formula is C16H17N3OS. The van der Waals surface area contributed by atoms with Crippen LogP contribution in [-0.2, 0) is 13.0 Å². The molecule has 0 aliphatic heterocycles. The van der Waals surface area contributed by atoms with Crippen molar-refractivity contribution >= 4 is 11.3 Å². The molecule has 0 aliphatic carbocycles. The van der Waals surface area contributed by atoms with Crippen LogP contribution in [0.25, 0.3) is 0 Å². The molecule has 0 aliphatic rings. The maximum absolute atomic E-state index is 10.5. The third-order valence-electron chi connectivity index (χ3n) is 3.38. The molecule has 3 aromatic rings. The molecular weight excluding hydrogens is 282 g/mol. The fourth-order valence-electron chi connectivity index (χ4n) is 2.30. The van der Waals surface area contributed by atoms with Crippen molar-refractivity contribution in [1.82, 2.24) is 14.5 Å². The number of aromatic nitrogens is 3. The lowest BCUT2D eigenvalue weighted by Crippen LogP contribution is -2.11. The molecule has 0 fully saturated rings. The highest BCUT2D eigenvalue weighted by Crippen LogP contribution is 2.20. The highest BCUT2D eigenvalue weighted by atomic mass is 32.1. The molecule has 5 heteroatoms. The van der Waals surface area contributed by atoms with Gasteiger partial charge in [-0.1, -0.05) is 30.3 Å². The van der Waals surface area contributed by atoms with Gasteiger partial charge in [-0.2, -0.15) is 0 Å². The molecule has 1 N–H and O–H groups in total. The van der Waals surface area contributed by atoms with E-state index in [4.69, 9.17) is 0 Å². The van der Waals surface area contributed by atoms with Crippen LogP contribution >= 0.6 is 11.3 Å². The van der Waals surface area contributed by atoms with Gasteiger partial charge in [-0.05, 0) is 12.5 Å². The summed E-state index contributed by atoms with van der Waals surface area (Å²) in [6.07, 6.45) is 3.78. The maximum Gasteiger partial charge on any atom is 0.142 e. The van der Waals surface area contributed by atoms with Crippen LogP contribution in [0.4, 0.5) is 0 Å². The molecule has 21 heavy (non-hydrogen) atoms. The molecule has 1 atom stereocenters. The topological polar surface area (TPSA) is 50.9 Å². The van der Waals surface area contributed by atoms with Crippen LogP contribution in [-0.4, -0.2) is 19.6 Å². The van der Waals surface area contributed by atoms with Gasteiger partial charge in [-0.25, -0.2) is 9.97 Å². The summed E-state index contributed by atoms with van der Waals surface area (Å²) < 4.78 is 1.99. The summed E-state index contributed by atoms with van der Waals surface area (Å²) in [7, 11) is 0. The molecule has 3 rings (SSSR count). The van der Waals surface area contributed by atoms with Gasteiger partial charge in [0, 0.05) is 30.7 Å². The fraction of sp³-hybridized carbons (Fsp3) is 0.250. The van der Waals surface area contributed by atoms with E-state index in [0.29, 0.717) is 5.82 Å². The van der Waals surface area contributed by atoms with E-state index in [2.05, 4.69) is 15.3 Å². The van der Waals surface area contributed by atoms with Gasteiger partial charge in [0.2, 0.25) is 0 Å². The van der Waals surface area contributed by atoms with Crippen LogP contribution in [0.2, 0.25) is 0 Å². The lowest BCUT2D eigenvalue weighted by molar-refractivity contribution is 0.204. The van der Waals surface area contributed by atoms with E-state index in [-0.39, 0.29) is 0 Å². The molecule has 0 saturated heterocycles. The SMILES string of the molecule is Cc1nc(CCn2ccnc2[C@@H](O)c2ccccc2)cs1. The highest BCUT2D eigenvalue weighted by molar-refractivity contribution is 7.09. The van der Waals surface area contributed by atoms with Crippen molar-refractivity contribution < 1.29 is 5.11 Å².